The number of ether oxygens (including phenoxy) is 1. The van der Waals surface area contributed by atoms with Crippen molar-refractivity contribution in [2.75, 3.05) is 18.5 Å². The van der Waals surface area contributed by atoms with Gasteiger partial charge in [0.2, 0.25) is 5.91 Å². The number of nitrogens with one attached hydrogen (secondary N) is 1. The summed E-state index contributed by atoms with van der Waals surface area (Å²) in [6.07, 6.45) is -0.862. The predicted molar refractivity (Wildman–Crippen MR) is 91.2 cm³/mol. The lowest BCUT2D eigenvalue weighted by Gasteiger charge is -2.32. The molecule has 6 heteroatoms. The molecule has 0 unspecified atom stereocenters. The highest BCUT2D eigenvalue weighted by Crippen LogP contribution is 2.16. The van der Waals surface area contributed by atoms with Gasteiger partial charge >= 0.3 is 0 Å². The van der Waals surface area contributed by atoms with Crippen LogP contribution in [0.25, 0.3) is 0 Å². The molecule has 1 aliphatic heterocycles. The summed E-state index contributed by atoms with van der Waals surface area (Å²) in [6.45, 7) is 1.40. The van der Waals surface area contributed by atoms with E-state index in [0.717, 1.165) is 5.56 Å². The summed E-state index contributed by atoms with van der Waals surface area (Å²) < 4.78 is 18.4. The summed E-state index contributed by atoms with van der Waals surface area (Å²) in [4.78, 5) is 26.4. The minimum Gasteiger partial charge on any atom is -0.366 e. The molecule has 3 rings (SSSR count). The van der Waals surface area contributed by atoms with Gasteiger partial charge in [-0.3, -0.25) is 9.59 Å². The molecule has 0 aliphatic carbocycles. The van der Waals surface area contributed by atoms with E-state index in [-0.39, 0.29) is 24.1 Å². The van der Waals surface area contributed by atoms with Gasteiger partial charge in [-0.2, -0.15) is 0 Å². The van der Waals surface area contributed by atoms with E-state index < -0.39 is 6.10 Å². The maximum absolute atomic E-state index is 12.9. The van der Waals surface area contributed by atoms with E-state index in [1.54, 1.807) is 4.90 Å². The SMILES string of the molecule is O=C(C[C@H]1OCCN(Cc2ccccc2)C1=O)Nc1ccc(F)cc1. The number of carbonyl (C=O) groups is 2. The Morgan fingerprint density at radius 3 is 2.60 bits per heavy atom. The normalized spacial score (nSPS) is 17.4. The highest BCUT2D eigenvalue weighted by Gasteiger charge is 2.31. The minimum absolute atomic E-state index is 0.0680. The van der Waals surface area contributed by atoms with Gasteiger partial charge < -0.3 is 15.0 Å². The fourth-order valence-corrected chi connectivity index (χ4v) is 2.71. The van der Waals surface area contributed by atoms with Crippen molar-refractivity contribution in [1.82, 2.24) is 4.90 Å². The fourth-order valence-electron chi connectivity index (χ4n) is 2.71. The number of hydrogen-bond donors (Lipinski definition) is 1. The third-order valence-electron chi connectivity index (χ3n) is 3.98. The van der Waals surface area contributed by atoms with Gasteiger partial charge in [0.15, 0.2) is 0 Å². The van der Waals surface area contributed by atoms with Crippen molar-refractivity contribution in [2.24, 2.45) is 0 Å². The first kappa shape index (κ1) is 17.1. The molecule has 2 amide bonds. The van der Waals surface area contributed by atoms with E-state index in [0.29, 0.717) is 25.4 Å². The van der Waals surface area contributed by atoms with Gasteiger partial charge in [-0.05, 0) is 29.8 Å². The first-order valence-electron chi connectivity index (χ1n) is 8.11. The molecule has 1 saturated heterocycles. The van der Waals surface area contributed by atoms with Gasteiger partial charge in [0.25, 0.3) is 5.91 Å². The molecule has 25 heavy (non-hydrogen) atoms. The smallest absolute Gasteiger partial charge is 0.252 e. The summed E-state index contributed by atoms with van der Waals surface area (Å²) in [6, 6.07) is 15.2. The van der Waals surface area contributed by atoms with Crippen molar-refractivity contribution in [3.63, 3.8) is 0 Å². The molecule has 0 spiro atoms. The van der Waals surface area contributed by atoms with Crippen molar-refractivity contribution >= 4 is 17.5 Å². The summed E-state index contributed by atoms with van der Waals surface area (Å²) in [5.74, 6) is -0.906. The highest BCUT2D eigenvalue weighted by molar-refractivity contribution is 5.95. The number of anilines is 1. The van der Waals surface area contributed by atoms with Gasteiger partial charge in [0.1, 0.15) is 11.9 Å². The van der Waals surface area contributed by atoms with Crippen LogP contribution in [0.4, 0.5) is 10.1 Å². The standard InChI is InChI=1S/C19H19FN2O3/c20-15-6-8-16(9-7-15)21-18(23)12-17-19(24)22(10-11-25-17)13-14-4-2-1-3-5-14/h1-9,17H,10-13H2,(H,21,23)/t17-/m1/s1. The van der Waals surface area contributed by atoms with E-state index in [1.165, 1.54) is 24.3 Å². The molecule has 5 nitrogen and oxygen atoms in total. The van der Waals surface area contributed by atoms with E-state index in [9.17, 15) is 14.0 Å². The topological polar surface area (TPSA) is 58.6 Å². The second-order valence-corrected chi connectivity index (χ2v) is 5.86. The molecule has 130 valence electrons. The predicted octanol–water partition coefficient (Wildman–Crippen LogP) is 2.58. The number of halogens is 1. The average Bonchev–Trinajstić information content (AvgIpc) is 2.61. The maximum atomic E-state index is 12.9. The van der Waals surface area contributed by atoms with Crippen molar-refractivity contribution in [2.45, 2.75) is 19.1 Å². The number of morpholine rings is 1. The zero-order valence-electron chi connectivity index (χ0n) is 13.7. The molecule has 1 N–H and O–H groups in total. The van der Waals surface area contributed by atoms with Crippen LogP contribution in [0.2, 0.25) is 0 Å². The quantitative estimate of drug-likeness (QED) is 0.909. The Bertz CT molecular complexity index is 734. The molecule has 1 heterocycles. The second kappa shape index (κ2) is 7.90. The van der Waals surface area contributed by atoms with E-state index >= 15 is 0 Å². The van der Waals surface area contributed by atoms with Gasteiger partial charge in [-0.25, -0.2) is 4.39 Å². The molecule has 1 fully saturated rings. The minimum atomic E-state index is -0.794. The van der Waals surface area contributed by atoms with E-state index in [2.05, 4.69) is 5.32 Å². The van der Waals surface area contributed by atoms with Crippen LogP contribution in [0.15, 0.2) is 54.6 Å². The van der Waals surface area contributed by atoms with Gasteiger partial charge in [-0.15, -0.1) is 0 Å². The summed E-state index contributed by atoms with van der Waals surface area (Å²) >= 11 is 0. The van der Waals surface area contributed by atoms with Crippen LogP contribution in [0.1, 0.15) is 12.0 Å². The molecule has 1 aliphatic rings. The Morgan fingerprint density at radius 2 is 1.88 bits per heavy atom. The van der Waals surface area contributed by atoms with Crippen LogP contribution >= 0.6 is 0 Å². The van der Waals surface area contributed by atoms with Gasteiger partial charge in [-0.1, -0.05) is 30.3 Å². The Morgan fingerprint density at radius 1 is 1.16 bits per heavy atom. The van der Waals surface area contributed by atoms with Gasteiger partial charge in [0, 0.05) is 18.8 Å². The molecular formula is C19H19FN2O3. The van der Waals surface area contributed by atoms with E-state index in [4.69, 9.17) is 4.74 Å². The summed E-state index contributed by atoms with van der Waals surface area (Å²) in [5.41, 5.74) is 1.52. The van der Waals surface area contributed by atoms with Crippen molar-refractivity contribution in [3.8, 4) is 0 Å². The van der Waals surface area contributed by atoms with Crippen molar-refractivity contribution in [3.05, 3.63) is 66.0 Å². The Labute approximate surface area is 145 Å². The first-order chi connectivity index (χ1) is 12.1. The molecule has 1 atom stereocenters. The number of nitrogens with zero attached hydrogens (tertiary/aromatic N) is 1. The number of carbonyl (C=O) groups excluding carboxylic acids is 2. The first-order valence-corrected chi connectivity index (χ1v) is 8.11. The Kier molecular flexibility index (Phi) is 5.40. The largest absolute Gasteiger partial charge is 0.366 e. The summed E-state index contributed by atoms with van der Waals surface area (Å²) in [7, 11) is 0. The molecule has 2 aromatic carbocycles. The van der Waals surface area contributed by atoms with Crippen LogP contribution in [0, 0.1) is 5.82 Å². The number of amides is 2. The molecule has 2 aromatic rings. The molecule has 0 bridgehead atoms. The van der Waals surface area contributed by atoms with Crippen LogP contribution in [0.3, 0.4) is 0 Å². The van der Waals surface area contributed by atoms with Crippen LogP contribution in [-0.2, 0) is 20.9 Å². The molecular weight excluding hydrogens is 323 g/mol. The zero-order valence-corrected chi connectivity index (χ0v) is 13.7. The Hall–Kier alpha value is -2.73. The number of hydrogen-bond acceptors (Lipinski definition) is 3. The molecule has 0 aromatic heterocycles. The maximum Gasteiger partial charge on any atom is 0.252 e. The molecule has 0 saturated carbocycles. The highest BCUT2D eigenvalue weighted by atomic mass is 19.1. The van der Waals surface area contributed by atoms with Crippen molar-refractivity contribution < 1.29 is 18.7 Å². The third-order valence-corrected chi connectivity index (χ3v) is 3.98. The summed E-state index contributed by atoms with van der Waals surface area (Å²) in [5, 5.41) is 2.65. The lowest BCUT2D eigenvalue weighted by atomic mass is 10.1. The zero-order chi connectivity index (χ0) is 17.6. The monoisotopic (exact) mass is 342 g/mol. The lowest BCUT2D eigenvalue weighted by molar-refractivity contribution is -0.155. The number of benzene rings is 2. The van der Waals surface area contributed by atoms with Crippen LogP contribution < -0.4 is 5.32 Å². The second-order valence-electron chi connectivity index (χ2n) is 5.86. The lowest BCUT2D eigenvalue weighted by Crippen LogP contribution is -2.48. The number of rotatable bonds is 5. The van der Waals surface area contributed by atoms with Crippen LogP contribution in [-0.4, -0.2) is 36.0 Å². The third kappa shape index (κ3) is 4.64. The van der Waals surface area contributed by atoms with Crippen LogP contribution in [0.5, 0.6) is 0 Å². The molecule has 0 radical (unpaired) electrons. The fraction of sp³-hybridized carbons (Fsp3) is 0.263. The van der Waals surface area contributed by atoms with E-state index in [1.807, 2.05) is 30.3 Å². The average molecular weight is 342 g/mol. The Balaban J connectivity index is 1.57. The van der Waals surface area contributed by atoms with Gasteiger partial charge in [0.05, 0.1) is 13.0 Å². The van der Waals surface area contributed by atoms with Crippen molar-refractivity contribution in [1.29, 1.82) is 0 Å².